The van der Waals surface area contributed by atoms with Gasteiger partial charge in [-0.3, -0.25) is 4.98 Å². The van der Waals surface area contributed by atoms with Crippen LogP contribution in [-0.2, 0) is 0 Å². The van der Waals surface area contributed by atoms with Crippen LogP contribution in [0, 0.1) is 0 Å². The summed E-state index contributed by atoms with van der Waals surface area (Å²) in [6, 6.07) is 58.3. The summed E-state index contributed by atoms with van der Waals surface area (Å²) < 4.78 is 13.0. The summed E-state index contributed by atoms with van der Waals surface area (Å²) in [6.07, 6.45) is 1.87. The van der Waals surface area contributed by atoms with Crippen molar-refractivity contribution in [2.45, 2.75) is 0 Å². The maximum atomic E-state index is 6.71. The Kier molecular flexibility index (Phi) is 6.79. The van der Waals surface area contributed by atoms with Crippen molar-refractivity contribution < 1.29 is 8.83 Å². The average Bonchev–Trinajstić information content (AvgIpc) is 3.82. The van der Waals surface area contributed by atoms with Crippen LogP contribution in [0.5, 0.6) is 0 Å². The van der Waals surface area contributed by atoms with E-state index < -0.39 is 0 Å². The molecule has 0 unspecified atom stereocenters. The number of hydrogen-bond donors (Lipinski definition) is 0. The van der Waals surface area contributed by atoms with E-state index in [0.29, 0.717) is 5.82 Å². The fourth-order valence-corrected chi connectivity index (χ4v) is 7.78. The number of aromatic nitrogens is 3. The molecule has 0 aliphatic rings. The normalized spacial score (nSPS) is 11.7. The Morgan fingerprint density at radius 1 is 0.370 bits per heavy atom. The maximum Gasteiger partial charge on any atom is 0.160 e. The fraction of sp³-hybridized carbons (Fsp3) is 0. The molecule has 7 aromatic carbocycles. The van der Waals surface area contributed by atoms with Crippen LogP contribution in [-0.4, -0.2) is 15.0 Å². The summed E-state index contributed by atoms with van der Waals surface area (Å²) >= 11 is 0. The Balaban J connectivity index is 1.09. The molecule has 5 heteroatoms. The zero-order chi connectivity index (χ0) is 35.6. The van der Waals surface area contributed by atoms with E-state index in [9.17, 15) is 0 Å². The maximum absolute atomic E-state index is 6.71. The van der Waals surface area contributed by atoms with E-state index in [0.717, 1.165) is 105 Å². The number of rotatable bonds is 5. The number of pyridine rings is 1. The number of nitrogens with zero attached hydrogens (tertiary/aromatic N) is 3. The van der Waals surface area contributed by atoms with Crippen molar-refractivity contribution in [3.8, 4) is 56.2 Å². The highest BCUT2D eigenvalue weighted by atomic mass is 16.3. The first kappa shape index (κ1) is 30.3. The van der Waals surface area contributed by atoms with Gasteiger partial charge < -0.3 is 8.83 Å². The smallest absolute Gasteiger partial charge is 0.160 e. The second-order valence-corrected chi connectivity index (χ2v) is 13.6. The molecule has 0 aliphatic heterocycles. The molecule has 0 atom stereocenters. The van der Waals surface area contributed by atoms with Gasteiger partial charge in [-0.15, -0.1) is 0 Å². The summed E-state index contributed by atoms with van der Waals surface area (Å²) in [5, 5.41) is 5.36. The number of para-hydroxylation sites is 3. The van der Waals surface area contributed by atoms with Crippen molar-refractivity contribution in [2.75, 3.05) is 0 Å². The predicted octanol–water partition coefficient (Wildman–Crippen LogP) is 13.2. The molecule has 54 heavy (non-hydrogen) atoms. The molecule has 0 fully saturated rings. The molecule has 0 saturated carbocycles. The molecule has 252 valence electrons. The highest BCUT2D eigenvalue weighted by Gasteiger charge is 2.20. The first-order valence-electron chi connectivity index (χ1n) is 18.0. The Morgan fingerprint density at radius 3 is 1.87 bits per heavy atom. The second kappa shape index (κ2) is 12.1. The highest BCUT2D eigenvalue weighted by Crippen LogP contribution is 2.43. The molecule has 11 aromatic rings. The minimum Gasteiger partial charge on any atom is -0.456 e. The van der Waals surface area contributed by atoms with Crippen LogP contribution < -0.4 is 0 Å². The fourth-order valence-electron chi connectivity index (χ4n) is 7.78. The van der Waals surface area contributed by atoms with Gasteiger partial charge in [0.05, 0.1) is 16.9 Å². The lowest BCUT2D eigenvalue weighted by Gasteiger charge is -2.12. The quantitative estimate of drug-likeness (QED) is 0.180. The van der Waals surface area contributed by atoms with Crippen molar-refractivity contribution in [3.05, 3.63) is 176 Å². The highest BCUT2D eigenvalue weighted by molar-refractivity contribution is 6.16. The van der Waals surface area contributed by atoms with Crippen LogP contribution in [0.2, 0.25) is 0 Å². The molecule has 0 bridgehead atoms. The van der Waals surface area contributed by atoms with Gasteiger partial charge in [0.2, 0.25) is 0 Å². The lowest BCUT2D eigenvalue weighted by molar-refractivity contribution is 0.668. The van der Waals surface area contributed by atoms with Gasteiger partial charge in [-0.1, -0.05) is 121 Å². The molecule has 0 amide bonds. The minimum absolute atomic E-state index is 0.651. The summed E-state index contributed by atoms with van der Waals surface area (Å²) in [5.74, 6) is 0.651. The van der Waals surface area contributed by atoms with Gasteiger partial charge >= 0.3 is 0 Å². The van der Waals surface area contributed by atoms with Crippen LogP contribution in [0.15, 0.2) is 185 Å². The third-order valence-electron chi connectivity index (χ3n) is 10.4. The summed E-state index contributed by atoms with van der Waals surface area (Å²) in [4.78, 5) is 15.0. The van der Waals surface area contributed by atoms with Crippen LogP contribution in [0.3, 0.4) is 0 Å². The molecule has 5 nitrogen and oxygen atoms in total. The van der Waals surface area contributed by atoms with E-state index >= 15 is 0 Å². The molecule has 0 saturated heterocycles. The summed E-state index contributed by atoms with van der Waals surface area (Å²) in [7, 11) is 0. The molecule has 11 rings (SSSR count). The van der Waals surface area contributed by atoms with Crippen LogP contribution in [0.25, 0.3) is 111 Å². The Bertz CT molecular complexity index is 3210. The molecule has 0 N–H and O–H groups in total. The van der Waals surface area contributed by atoms with Crippen molar-refractivity contribution in [2.24, 2.45) is 0 Å². The lowest BCUT2D eigenvalue weighted by atomic mass is 9.95. The Morgan fingerprint density at radius 2 is 1.02 bits per heavy atom. The number of benzene rings is 7. The molecule has 0 radical (unpaired) electrons. The number of hydrogen-bond acceptors (Lipinski definition) is 5. The van der Waals surface area contributed by atoms with E-state index in [4.69, 9.17) is 18.8 Å². The van der Waals surface area contributed by atoms with Gasteiger partial charge in [-0.25, -0.2) is 9.97 Å². The van der Waals surface area contributed by atoms with Gasteiger partial charge in [-0.05, 0) is 65.2 Å². The van der Waals surface area contributed by atoms with Gasteiger partial charge in [-0.2, -0.15) is 0 Å². The van der Waals surface area contributed by atoms with Crippen LogP contribution >= 0.6 is 0 Å². The van der Waals surface area contributed by atoms with Crippen LogP contribution in [0.4, 0.5) is 0 Å². The molecule has 4 aromatic heterocycles. The van der Waals surface area contributed by atoms with Gasteiger partial charge in [0.1, 0.15) is 22.3 Å². The Labute approximate surface area is 309 Å². The van der Waals surface area contributed by atoms with Crippen molar-refractivity contribution in [3.63, 3.8) is 0 Å². The average molecular weight is 692 g/mol. The monoisotopic (exact) mass is 691 g/mol. The van der Waals surface area contributed by atoms with Gasteiger partial charge in [0.25, 0.3) is 0 Å². The topological polar surface area (TPSA) is 65.0 Å². The lowest BCUT2D eigenvalue weighted by Crippen LogP contribution is -1.96. The Hall–Kier alpha value is -7.37. The van der Waals surface area contributed by atoms with E-state index in [1.165, 1.54) is 0 Å². The van der Waals surface area contributed by atoms with Crippen molar-refractivity contribution in [1.82, 2.24) is 15.0 Å². The van der Waals surface area contributed by atoms with Crippen molar-refractivity contribution >= 4 is 54.8 Å². The number of furan rings is 2. The third kappa shape index (κ3) is 4.90. The number of fused-ring (bicyclic) bond motifs is 7. The van der Waals surface area contributed by atoms with E-state index in [-0.39, 0.29) is 0 Å². The van der Waals surface area contributed by atoms with Gasteiger partial charge in [0.15, 0.2) is 5.82 Å². The minimum atomic E-state index is 0.651. The van der Waals surface area contributed by atoms with E-state index in [1.54, 1.807) is 0 Å². The predicted molar refractivity (Wildman–Crippen MR) is 219 cm³/mol. The molecule has 0 spiro atoms. The molecular weight excluding hydrogens is 663 g/mol. The van der Waals surface area contributed by atoms with Crippen molar-refractivity contribution in [1.29, 1.82) is 0 Å². The summed E-state index contributed by atoms with van der Waals surface area (Å²) in [5.41, 5.74) is 13.2. The standard InChI is InChI=1S/C49H29N3O2/c1-2-10-31(11-3-1)42-29-43(52-49(51-42)32-20-18-30(19-21-32)34-26-27-50-41-15-7-4-12-36(34)41)39-25-24-35(48-47(39)40-14-6-9-17-45(40)54-48)33-22-23-38-37-13-5-8-16-44(37)53-46(38)28-33/h1-29H. The summed E-state index contributed by atoms with van der Waals surface area (Å²) in [6.45, 7) is 0. The van der Waals surface area contributed by atoms with Crippen LogP contribution in [0.1, 0.15) is 0 Å². The van der Waals surface area contributed by atoms with E-state index in [2.05, 4.69) is 114 Å². The molecular formula is C49H29N3O2. The SMILES string of the molecule is c1ccc(-c2cc(-c3ccc(-c4ccc5c(c4)oc4ccccc45)c4oc5ccccc5c34)nc(-c3ccc(-c4ccnc5ccccc45)cc3)n2)cc1. The zero-order valence-electron chi connectivity index (χ0n) is 28.9. The molecule has 0 aliphatic carbocycles. The first-order valence-corrected chi connectivity index (χ1v) is 18.0. The second-order valence-electron chi connectivity index (χ2n) is 13.6. The van der Waals surface area contributed by atoms with Gasteiger partial charge in [0, 0.05) is 55.4 Å². The zero-order valence-corrected chi connectivity index (χ0v) is 28.9. The largest absolute Gasteiger partial charge is 0.456 e. The first-order chi connectivity index (χ1) is 26.7. The third-order valence-corrected chi connectivity index (χ3v) is 10.4. The van der Waals surface area contributed by atoms with E-state index in [1.807, 2.05) is 66.9 Å². The molecule has 4 heterocycles.